The quantitative estimate of drug-likeness (QED) is 0.757. The van der Waals surface area contributed by atoms with Crippen molar-refractivity contribution in [2.75, 3.05) is 12.4 Å². The summed E-state index contributed by atoms with van der Waals surface area (Å²) in [5, 5.41) is 4.89. The van der Waals surface area contributed by atoms with Crippen LogP contribution in [-0.4, -0.2) is 19.1 Å². The fourth-order valence-corrected chi connectivity index (χ4v) is 2.71. The first-order valence-corrected chi connectivity index (χ1v) is 7.84. The molecule has 0 bridgehead atoms. The Morgan fingerprint density at radius 1 is 1.08 bits per heavy atom. The maximum Gasteiger partial charge on any atom is 0.241 e. The molecule has 0 radical (unpaired) electrons. The number of anilines is 1. The summed E-state index contributed by atoms with van der Waals surface area (Å²) in [6.07, 6.45) is 0.497. The van der Waals surface area contributed by atoms with Crippen molar-refractivity contribution < 1.29 is 9.53 Å². The van der Waals surface area contributed by atoms with Gasteiger partial charge < -0.3 is 15.8 Å². The maximum absolute atomic E-state index is 12.4. The van der Waals surface area contributed by atoms with Gasteiger partial charge >= 0.3 is 0 Å². The highest BCUT2D eigenvalue weighted by Gasteiger charge is 2.15. The Morgan fingerprint density at radius 2 is 1.79 bits per heavy atom. The van der Waals surface area contributed by atoms with Crippen LogP contribution in [0.5, 0.6) is 5.75 Å². The van der Waals surface area contributed by atoms with Gasteiger partial charge in [-0.15, -0.1) is 0 Å². The van der Waals surface area contributed by atoms with Crippen molar-refractivity contribution in [3.8, 4) is 5.75 Å². The summed E-state index contributed by atoms with van der Waals surface area (Å²) in [5.74, 6) is 0.510. The van der Waals surface area contributed by atoms with Crippen molar-refractivity contribution in [3.05, 3.63) is 72.3 Å². The van der Waals surface area contributed by atoms with E-state index < -0.39 is 6.04 Å². The van der Waals surface area contributed by atoms with Gasteiger partial charge in [-0.2, -0.15) is 0 Å². The lowest BCUT2D eigenvalue weighted by atomic mass is 10.1. The van der Waals surface area contributed by atoms with Gasteiger partial charge in [0.2, 0.25) is 5.91 Å². The SMILES string of the molecule is COc1cc(NC(=O)[C@H](N)Cc2ccccc2)cc2ccccc12. The Hall–Kier alpha value is -2.85. The topological polar surface area (TPSA) is 64.3 Å². The summed E-state index contributed by atoms with van der Waals surface area (Å²) >= 11 is 0. The van der Waals surface area contributed by atoms with Crippen LogP contribution in [0.25, 0.3) is 10.8 Å². The van der Waals surface area contributed by atoms with Crippen molar-refractivity contribution >= 4 is 22.4 Å². The first-order valence-electron chi connectivity index (χ1n) is 7.84. The van der Waals surface area contributed by atoms with Gasteiger partial charge in [-0.3, -0.25) is 4.79 Å². The molecule has 0 saturated heterocycles. The Kier molecular flexibility index (Phi) is 4.77. The second-order valence-corrected chi connectivity index (χ2v) is 5.69. The van der Waals surface area contributed by atoms with Crippen LogP contribution in [0, 0.1) is 0 Å². The predicted octanol–water partition coefficient (Wildman–Crippen LogP) is 3.36. The fraction of sp³-hybridized carbons (Fsp3) is 0.150. The minimum absolute atomic E-state index is 0.212. The third-order valence-corrected chi connectivity index (χ3v) is 3.95. The van der Waals surface area contributed by atoms with E-state index in [1.807, 2.05) is 66.7 Å². The predicted molar refractivity (Wildman–Crippen MR) is 97.3 cm³/mol. The molecule has 24 heavy (non-hydrogen) atoms. The molecule has 0 aliphatic heterocycles. The summed E-state index contributed by atoms with van der Waals surface area (Å²) in [6.45, 7) is 0. The van der Waals surface area contributed by atoms with Gasteiger partial charge in [0, 0.05) is 17.1 Å². The van der Waals surface area contributed by atoms with E-state index in [4.69, 9.17) is 10.5 Å². The van der Waals surface area contributed by atoms with Crippen LogP contribution in [0.15, 0.2) is 66.7 Å². The fourth-order valence-electron chi connectivity index (χ4n) is 2.71. The Balaban J connectivity index is 1.77. The molecule has 3 N–H and O–H groups in total. The zero-order valence-electron chi connectivity index (χ0n) is 13.5. The highest BCUT2D eigenvalue weighted by atomic mass is 16.5. The Labute approximate surface area is 141 Å². The average Bonchev–Trinajstić information content (AvgIpc) is 2.61. The highest BCUT2D eigenvalue weighted by Crippen LogP contribution is 2.29. The van der Waals surface area contributed by atoms with Crippen LogP contribution in [0.1, 0.15) is 5.56 Å². The largest absolute Gasteiger partial charge is 0.496 e. The van der Waals surface area contributed by atoms with Crippen molar-refractivity contribution in [1.82, 2.24) is 0 Å². The van der Waals surface area contributed by atoms with E-state index >= 15 is 0 Å². The van der Waals surface area contributed by atoms with Crippen molar-refractivity contribution in [3.63, 3.8) is 0 Å². The molecule has 1 atom stereocenters. The second-order valence-electron chi connectivity index (χ2n) is 5.69. The molecular formula is C20H20N2O2. The molecule has 0 unspecified atom stereocenters. The molecular weight excluding hydrogens is 300 g/mol. The summed E-state index contributed by atoms with van der Waals surface area (Å²) < 4.78 is 5.42. The van der Waals surface area contributed by atoms with E-state index in [1.54, 1.807) is 7.11 Å². The van der Waals surface area contributed by atoms with Crippen molar-refractivity contribution in [1.29, 1.82) is 0 Å². The highest BCUT2D eigenvalue weighted by molar-refractivity contribution is 5.99. The molecule has 0 spiro atoms. The zero-order valence-corrected chi connectivity index (χ0v) is 13.5. The Bertz CT molecular complexity index is 847. The van der Waals surface area contributed by atoms with Crippen LogP contribution in [-0.2, 0) is 11.2 Å². The van der Waals surface area contributed by atoms with Gasteiger partial charge in [0.1, 0.15) is 5.75 Å². The molecule has 4 heteroatoms. The number of hydrogen-bond donors (Lipinski definition) is 2. The third kappa shape index (κ3) is 3.55. The number of methoxy groups -OCH3 is 1. The molecule has 0 saturated carbocycles. The molecule has 0 heterocycles. The van der Waals surface area contributed by atoms with E-state index in [1.165, 1.54) is 0 Å². The number of carbonyl (C=O) groups excluding carboxylic acids is 1. The molecule has 122 valence electrons. The van der Waals surface area contributed by atoms with Crippen LogP contribution in [0.3, 0.4) is 0 Å². The molecule has 3 rings (SSSR count). The van der Waals surface area contributed by atoms with Gasteiger partial charge in [0.15, 0.2) is 0 Å². The molecule has 0 aliphatic carbocycles. The number of amides is 1. The average molecular weight is 320 g/mol. The molecule has 0 aromatic heterocycles. The van der Waals surface area contributed by atoms with Crippen LogP contribution >= 0.6 is 0 Å². The van der Waals surface area contributed by atoms with Gasteiger partial charge in [-0.25, -0.2) is 0 Å². The van der Waals surface area contributed by atoms with Gasteiger partial charge in [0.25, 0.3) is 0 Å². The zero-order chi connectivity index (χ0) is 16.9. The molecule has 0 fully saturated rings. The van der Waals surface area contributed by atoms with E-state index in [9.17, 15) is 4.79 Å². The number of carbonyl (C=O) groups is 1. The lowest BCUT2D eigenvalue weighted by Gasteiger charge is -2.14. The number of benzene rings is 3. The van der Waals surface area contributed by atoms with Crippen molar-refractivity contribution in [2.45, 2.75) is 12.5 Å². The summed E-state index contributed by atoms with van der Waals surface area (Å²) in [4.78, 5) is 12.4. The smallest absolute Gasteiger partial charge is 0.241 e. The molecule has 3 aromatic carbocycles. The Morgan fingerprint density at radius 3 is 2.54 bits per heavy atom. The van der Waals surface area contributed by atoms with Crippen molar-refractivity contribution in [2.24, 2.45) is 5.73 Å². The minimum Gasteiger partial charge on any atom is -0.496 e. The first-order chi connectivity index (χ1) is 11.7. The molecule has 0 aliphatic rings. The van der Waals surface area contributed by atoms with Crippen LogP contribution < -0.4 is 15.8 Å². The number of ether oxygens (including phenoxy) is 1. The summed E-state index contributed by atoms with van der Waals surface area (Å²) in [6, 6.07) is 20.8. The lowest BCUT2D eigenvalue weighted by Crippen LogP contribution is -2.37. The summed E-state index contributed by atoms with van der Waals surface area (Å²) in [7, 11) is 1.62. The lowest BCUT2D eigenvalue weighted by molar-refractivity contribution is -0.117. The normalized spacial score (nSPS) is 11.9. The first kappa shape index (κ1) is 16.0. The molecule has 1 amide bonds. The third-order valence-electron chi connectivity index (χ3n) is 3.95. The van der Waals surface area contributed by atoms with E-state index in [0.29, 0.717) is 12.1 Å². The van der Waals surface area contributed by atoms with Crippen LogP contribution in [0.4, 0.5) is 5.69 Å². The van der Waals surface area contributed by atoms with Gasteiger partial charge in [0.05, 0.1) is 13.2 Å². The number of nitrogens with one attached hydrogen (secondary N) is 1. The minimum atomic E-state index is -0.607. The monoisotopic (exact) mass is 320 g/mol. The molecule has 4 nitrogen and oxygen atoms in total. The maximum atomic E-state index is 12.4. The van der Waals surface area contributed by atoms with Gasteiger partial charge in [-0.05, 0) is 23.4 Å². The number of fused-ring (bicyclic) bond motifs is 1. The molecule has 3 aromatic rings. The van der Waals surface area contributed by atoms with E-state index in [0.717, 1.165) is 22.1 Å². The van der Waals surface area contributed by atoms with Crippen LogP contribution in [0.2, 0.25) is 0 Å². The van der Waals surface area contributed by atoms with E-state index in [2.05, 4.69) is 5.32 Å². The number of hydrogen-bond acceptors (Lipinski definition) is 3. The summed E-state index contributed by atoms with van der Waals surface area (Å²) in [5.41, 5.74) is 7.75. The second kappa shape index (κ2) is 7.15. The van der Waals surface area contributed by atoms with Gasteiger partial charge in [-0.1, -0.05) is 54.6 Å². The number of nitrogens with two attached hydrogens (primary N) is 1. The van der Waals surface area contributed by atoms with E-state index in [-0.39, 0.29) is 5.91 Å². The number of rotatable bonds is 5. The standard InChI is InChI=1S/C20H20N2O2/c1-24-19-13-16(12-15-9-5-6-10-17(15)19)22-20(23)18(21)11-14-7-3-2-4-8-14/h2-10,12-13,18H,11,21H2,1H3,(H,22,23)/t18-/m1/s1.